The van der Waals surface area contributed by atoms with Crippen molar-refractivity contribution in [3.8, 4) is 5.75 Å². The zero-order valence-electron chi connectivity index (χ0n) is 13.5. The van der Waals surface area contributed by atoms with Gasteiger partial charge in [-0.1, -0.05) is 31.4 Å². The number of amidine groups is 1. The van der Waals surface area contributed by atoms with Crippen LogP contribution in [-0.4, -0.2) is 24.5 Å². The van der Waals surface area contributed by atoms with Crippen LogP contribution in [0.2, 0.25) is 0 Å². The Balaban J connectivity index is 0.00000176. The first-order valence-electron chi connectivity index (χ1n) is 8.30. The molecule has 3 rings (SSSR count). The highest BCUT2D eigenvalue weighted by Gasteiger charge is 2.20. The summed E-state index contributed by atoms with van der Waals surface area (Å²) in [6.45, 7) is 5.05. The molecule has 2 unspecified atom stereocenters. The summed E-state index contributed by atoms with van der Waals surface area (Å²) in [5, 5.41) is 3.36. The number of rotatable bonds is 4. The number of nitrogens with one attached hydrogen (secondary N) is 1. The zero-order valence-corrected chi connectivity index (χ0v) is 14.4. The van der Waals surface area contributed by atoms with E-state index in [4.69, 9.17) is 4.74 Å². The first-order valence-corrected chi connectivity index (χ1v) is 8.30. The van der Waals surface area contributed by atoms with Crippen molar-refractivity contribution in [1.29, 1.82) is 0 Å². The van der Waals surface area contributed by atoms with Gasteiger partial charge < -0.3 is 10.1 Å². The van der Waals surface area contributed by atoms with Crippen molar-refractivity contribution in [1.82, 2.24) is 5.32 Å². The van der Waals surface area contributed by atoms with E-state index in [1.807, 2.05) is 0 Å². The first-order chi connectivity index (χ1) is 10.2. The molecule has 0 spiro atoms. The van der Waals surface area contributed by atoms with Crippen molar-refractivity contribution in [2.45, 2.75) is 64.0 Å². The molecule has 0 bridgehead atoms. The van der Waals surface area contributed by atoms with Gasteiger partial charge in [-0.2, -0.15) is 0 Å². The number of aliphatic imine (C=N–C) groups is 1. The van der Waals surface area contributed by atoms with Crippen LogP contribution in [0.25, 0.3) is 0 Å². The van der Waals surface area contributed by atoms with Gasteiger partial charge >= 0.3 is 0 Å². The van der Waals surface area contributed by atoms with Crippen LogP contribution in [0.3, 0.4) is 0 Å². The molecule has 0 saturated heterocycles. The van der Waals surface area contributed by atoms with Gasteiger partial charge in [0.15, 0.2) is 6.10 Å². The SMILES string of the molecule is CC1CN=C(C(C)Oc2ccc(C3CCCCC3)cc2)N1.Cl. The number of hydrogen-bond acceptors (Lipinski definition) is 3. The predicted molar refractivity (Wildman–Crippen MR) is 94.5 cm³/mol. The van der Waals surface area contributed by atoms with Crippen LogP contribution >= 0.6 is 12.4 Å². The third-order valence-electron chi connectivity index (χ3n) is 4.58. The van der Waals surface area contributed by atoms with Crippen LogP contribution in [0.4, 0.5) is 0 Å². The van der Waals surface area contributed by atoms with E-state index in [1.54, 1.807) is 0 Å². The molecule has 1 fully saturated rings. The number of halogens is 1. The van der Waals surface area contributed by atoms with E-state index in [0.717, 1.165) is 24.0 Å². The fourth-order valence-electron chi connectivity index (χ4n) is 3.34. The van der Waals surface area contributed by atoms with Gasteiger partial charge in [-0.25, -0.2) is 0 Å². The van der Waals surface area contributed by atoms with Crippen LogP contribution < -0.4 is 10.1 Å². The summed E-state index contributed by atoms with van der Waals surface area (Å²) in [6, 6.07) is 9.13. The highest BCUT2D eigenvalue weighted by atomic mass is 35.5. The molecule has 2 aliphatic rings. The van der Waals surface area contributed by atoms with Crippen LogP contribution in [0.1, 0.15) is 57.4 Å². The predicted octanol–water partition coefficient (Wildman–Crippen LogP) is 4.31. The zero-order chi connectivity index (χ0) is 14.7. The first kappa shape index (κ1) is 17.1. The molecule has 1 aromatic rings. The van der Waals surface area contributed by atoms with Gasteiger partial charge in [0.2, 0.25) is 0 Å². The van der Waals surface area contributed by atoms with Crippen molar-refractivity contribution in [2.24, 2.45) is 4.99 Å². The topological polar surface area (TPSA) is 33.6 Å². The Morgan fingerprint density at radius 1 is 1.14 bits per heavy atom. The summed E-state index contributed by atoms with van der Waals surface area (Å²) in [5.41, 5.74) is 1.47. The number of hydrogen-bond donors (Lipinski definition) is 1. The smallest absolute Gasteiger partial charge is 0.152 e. The largest absolute Gasteiger partial charge is 0.483 e. The van der Waals surface area contributed by atoms with Gasteiger partial charge in [0.1, 0.15) is 11.6 Å². The normalized spacial score (nSPS) is 23.2. The van der Waals surface area contributed by atoms with Crippen molar-refractivity contribution < 1.29 is 4.74 Å². The van der Waals surface area contributed by atoms with E-state index in [2.05, 4.69) is 48.4 Å². The second kappa shape index (κ2) is 7.87. The standard InChI is InChI=1S/C18H26N2O.ClH/c1-13-12-19-18(20-13)14(2)21-17-10-8-16(9-11-17)15-6-4-3-5-7-15;/h8-11,13-15H,3-7,12H2,1-2H3,(H,19,20);1H. The molecule has 1 aromatic carbocycles. The average molecular weight is 323 g/mol. The lowest BCUT2D eigenvalue weighted by molar-refractivity contribution is 0.283. The van der Waals surface area contributed by atoms with E-state index < -0.39 is 0 Å². The van der Waals surface area contributed by atoms with Gasteiger partial charge in [0, 0.05) is 6.04 Å². The minimum atomic E-state index is -0.00418. The number of nitrogens with zero attached hydrogens (tertiary/aromatic N) is 1. The summed E-state index contributed by atoms with van der Waals surface area (Å²) in [5.74, 6) is 2.66. The Bertz CT molecular complexity index is 494. The van der Waals surface area contributed by atoms with E-state index >= 15 is 0 Å². The third-order valence-corrected chi connectivity index (χ3v) is 4.58. The van der Waals surface area contributed by atoms with Crippen molar-refractivity contribution >= 4 is 18.2 Å². The Morgan fingerprint density at radius 2 is 1.82 bits per heavy atom. The Kier molecular flexibility index (Phi) is 6.13. The summed E-state index contributed by atoms with van der Waals surface area (Å²) < 4.78 is 6.00. The molecule has 2 atom stereocenters. The van der Waals surface area contributed by atoms with Crippen LogP contribution in [-0.2, 0) is 0 Å². The molecule has 0 amide bonds. The molecule has 1 saturated carbocycles. The average Bonchev–Trinajstić information content (AvgIpc) is 2.96. The quantitative estimate of drug-likeness (QED) is 0.896. The molecule has 0 radical (unpaired) electrons. The van der Waals surface area contributed by atoms with Crippen LogP contribution in [0, 0.1) is 0 Å². The Labute approximate surface area is 140 Å². The molecular formula is C18H27ClN2O. The van der Waals surface area contributed by atoms with Gasteiger partial charge in [0.25, 0.3) is 0 Å². The Morgan fingerprint density at radius 3 is 2.41 bits per heavy atom. The van der Waals surface area contributed by atoms with Gasteiger partial charge in [0.05, 0.1) is 6.54 Å². The van der Waals surface area contributed by atoms with Crippen molar-refractivity contribution in [2.75, 3.05) is 6.54 Å². The van der Waals surface area contributed by atoms with E-state index in [0.29, 0.717) is 6.04 Å². The molecule has 1 heterocycles. The lowest BCUT2D eigenvalue weighted by Gasteiger charge is -2.22. The van der Waals surface area contributed by atoms with Crippen molar-refractivity contribution in [3.63, 3.8) is 0 Å². The molecule has 4 heteroatoms. The summed E-state index contributed by atoms with van der Waals surface area (Å²) >= 11 is 0. The fourth-order valence-corrected chi connectivity index (χ4v) is 3.34. The second-order valence-electron chi connectivity index (χ2n) is 6.44. The third kappa shape index (κ3) is 4.16. The van der Waals surface area contributed by atoms with E-state index in [9.17, 15) is 0 Å². The molecule has 22 heavy (non-hydrogen) atoms. The molecule has 122 valence electrons. The second-order valence-corrected chi connectivity index (χ2v) is 6.44. The maximum Gasteiger partial charge on any atom is 0.152 e. The van der Waals surface area contributed by atoms with Gasteiger partial charge in [-0.15, -0.1) is 12.4 Å². The Hall–Kier alpha value is -1.22. The fraction of sp³-hybridized carbons (Fsp3) is 0.611. The highest BCUT2D eigenvalue weighted by Crippen LogP contribution is 2.33. The molecule has 1 N–H and O–H groups in total. The van der Waals surface area contributed by atoms with Crippen LogP contribution in [0.5, 0.6) is 5.75 Å². The lowest BCUT2D eigenvalue weighted by atomic mass is 9.84. The molecule has 1 aliphatic carbocycles. The maximum atomic E-state index is 6.00. The number of benzene rings is 1. The molecule has 3 nitrogen and oxygen atoms in total. The minimum absolute atomic E-state index is 0. The van der Waals surface area contributed by atoms with E-state index in [1.165, 1.54) is 37.7 Å². The highest BCUT2D eigenvalue weighted by molar-refractivity contribution is 5.88. The van der Waals surface area contributed by atoms with Crippen LogP contribution in [0.15, 0.2) is 29.3 Å². The lowest BCUT2D eigenvalue weighted by Crippen LogP contribution is -2.37. The molecule has 1 aliphatic heterocycles. The molecular weight excluding hydrogens is 296 g/mol. The van der Waals surface area contributed by atoms with E-state index in [-0.39, 0.29) is 18.5 Å². The summed E-state index contributed by atoms with van der Waals surface area (Å²) in [7, 11) is 0. The van der Waals surface area contributed by atoms with Gasteiger partial charge in [-0.3, -0.25) is 4.99 Å². The van der Waals surface area contributed by atoms with Crippen molar-refractivity contribution in [3.05, 3.63) is 29.8 Å². The minimum Gasteiger partial charge on any atom is -0.483 e. The maximum absolute atomic E-state index is 6.00. The monoisotopic (exact) mass is 322 g/mol. The molecule has 0 aromatic heterocycles. The summed E-state index contributed by atoms with van der Waals surface area (Å²) in [6.07, 6.45) is 6.84. The van der Waals surface area contributed by atoms with Gasteiger partial charge in [-0.05, 0) is 50.3 Å². The summed E-state index contributed by atoms with van der Waals surface area (Å²) in [4.78, 5) is 4.48. The number of ether oxygens (including phenoxy) is 1.